The van der Waals surface area contributed by atoms with Crippen LogP contribution < -0.4 is 10.1 Å². The Hall–Kier alpha value is -1.22. The molecule has 0 heterocycles. The molecule has 0 radical (unpaired) electrons. The van der Waals surface area contributed by atoms with Gasteiger partial charge in [0.05, 0.1) is 5.02 Å². The molecule has 4 heteroatoms. The van der Waals surface area contributed by atoms with Gasteiger partial charge in [0.25, 0.3) is 5.91 Å². The Balaban J connectivity index is 1.49. The molecule has 1 N–H and O–H groups in total. The first-order valence-electron chi connectivity index (χ1n) is 6.91. The van der Waals surface area contributed by atoms with E-state index in [0.29, 0.717) is 28.6 Å². The zero-order valence-corrected chi connectivity index (χ0v) is 11.5. The molecule has 2 aliphatic carbocycles. The van der Waals surface area contributed by atoms with Crippen molar-refractivity contribution in [2.75, 3.05) is 6.61 Å². The van der Waals surface area contributed by atoms with Crippen molar-refractivity contribution in [3.63, 3.8) is 0 Å². The molecule has 1 aromatic carbocycles. The number of benzene rings is 1. The van der Waals surface area contributed by atoms with Crippen molar-refractivity contribution in [2.24, 2.45) is 11.8 Å². The van der Waals surface area contributed by atoms with Gasteiger partial charge in [0.2, 0.25) is 0 Å². The van der Waals surface area contributed by atoms with E-state index < -0.39 is 0 Å². The van der Waals surface area contributed by atoms with E-state index in [4.69, 9.17) is 16.3 Å². The van der Waals surface area contributed by atoms with Gasteiger partial charge in [0, 0.05) is 6.04 Å². The number of nitrogens with one attached hydrogen (secondary N) is 1. The van der Waals surface area contributed by atoms with Crippen LogP contribution in [0.5, 0.6) is 5.75 Å². The number of amides is 1. The van der Waals surface area contributed by atoms with E-state index in [-0.39, 0.29) is 12.5 Å². The first kappa shape index (κ1) is 12.8. The van der Waals surface area contributed by atoms with E-state index in [1.165, 1.54) is 25.7 Å². The highest BCUT2D eigenvalue weighted by molar-refractivity contribution is 6.32. The van der Waals surface area contributed by atoms with Crippen LogP contribution in [0.25, 0.3) is 0 Å². The summed E-state index contributed by atoms with van der Waals surface area (Å²) >= 11 is 5.98. The molecule has 0 aliphatic heterocycles. The Kier molecular flexibility index (Phi) is 3.65. The van der Waals surface area contributed by atoms with Crippen LogP contribution in [0.1, 0.15) is 25.7 Å². The lowest BCUT2D eigenvalue weighted by atomic mass is 10.1. The molecule has 0 unspecified atom stereocenters. The van der Waals surface area contributed by atoms with Crippen LogP contribution in [-0.4, -0.2) is 18.6 Å². The number of hydrogen-bond acceptors (Lipinski definition) is 2. The molecule has 0 aromatic heterocycles. The molecule has 2 fully saturated rings. The third kappa shape index (κ3) is 3.41. The second kappa shape index (κ2) is 5.41. The number of para-hydroxylation sites is 1. The largest absolute Gasteiger partial charge is 0.482 e. The van der Waals surface area contributed by atoms with Gasteiger partial charge in [-0.15, -0.1) is 0 Å². The fraction of sp³-hybridized carbons (Fsp3) is 0.533. The highest BCUT2D eigenvalue weighted by Gasteiger charge is 2.42. The minimum Gasteiger partial charge on any atom is -0.482 e. The maximum absolute atomic E-state index is 11.9. The molecule has 0 saturated heterocycles. The summed E-state index contributed by atoms with van der Waals surface area (Å²) in [4.78, 5) is 11.9. The van der Waals surface area contributed by atoms with Crippen molar-refractivity contribution in [3.8, 4) is 5.75 Å². The van der Waals surface area contributed by atoms with Crippen molar-refractivity contribution < 1.29 is 9.53 Å². The minimum absolute atomic E-state index is 0.0382. The highest BCUT2D eigenvalue weighted by atomic mass is 35.5. The summed E-state index contributed by atoms with van der Waals surface area (Å²) < 4.78 is 5.46. The SMILES string of the molecule is O=C(COc1ccccc1Cl)NC(C1CC1)C1CC1. The quantitative estimate of drug-likeness (QED) is 0.869. The predicted octanol–water partition coefficient (Wildman–Crippen LogP) is 3.02. The van der Waals surface area contributed by atoms with Crippen molar-refractivity contribution in [2.45, 2.75) is 31.7 Å². The number of hydrogen-bond donors (Lipinski definition) is 1. The number of carbonyl (C=O) groups excluding carboxylic acids is 1. The van der Waals surface area contributed by atoms with Gasteiger partial charge in [-0.1, -0.05) is 23.7 Å². The third-order valence-electron chi connectivity index (χ3n) is 3.78. The van der Waals surface area contributed by atoms with Crippen molar-refractivity contribution >= 4 is 17.5 Å². The van der Waals surface area contributed by atoms with Crippen LogP contribution >= 0.6 is 11.6 Å². The molecule has 0 atom stereocenters. The molecule has 0 spiro atoms. The molecule has 19 heavy (non-hydrogen) atoms. The van der Waals surface area contributed by atoms with Gasteiger partial charge in [0.15, 0.2) is 6.61 Å². The Morgan fingerprint density at radius 3 is 2.47 bits per heavy atom. The van der Waals surface area contributed by atoms with Crippen LogP contribution in [-0.2, 0) is 4.79 Å². The van der Waals surface area contributed by atoms with Gasteiger partial charge in [-0.25, -0.2) is 0 Å². The average Bonchev–Trinajstić information content (AvgIpc) is 3.28. The van der Waals surface area contributed by atoms with Crippen molar-refractivity contribution in [1.82, 2.24) is 5.32 Å². The van der Waals surface area contributed by atoms with E-state index in [9.17, 15) is 4.79 Å². The zero-order valence-electron chi connectivity index (χ0n) is 10.8. The molecular formula is C15H18ClNO2. The van der Waals surface area contributed by atoms with Gasteiger partial charge in [-0.2, -0.15) is 0 Å². The average molecular weight is 280 g/mol. The molecule has 1 aromatic rings. The maximum atomic E-state index is 11.9. The first-order chi connectivity index (χ1) is 9.24. The fourth-order valence-electron chi connectivity index (χ4n) is 2.46. The maximum Gasteiger partial charge on any atom is 0.258 e. The first-order valence-corrected chi connectivity index (χ1v) is 7.28. The number of rotatable bonds is 6. The van der Waals surface area contributed by atoms with E-state index in [2.05, 4.69) is 5.32 Å². The smallest absolute Gasteiger partial charge is 0.258 e. The lowest BCUT2D eigenvalue weighted by Gasteiger charge is -2.17. The lowest BCUT2D eigenvalue weighted by molar-refractivity contribution is -0.124. The summed E-state index contributed by atoms with van der Waals surface area (Å²) in [6.45, 7) is 0.0413. The molecular weight excluding hydrogens is 262 g/mol. The fourth-order valence-corrected chi connectivity index (χ4v) is 2.65. The number of halogens is 1. The van der Waals surface area contributed by atoms with E-state index in [1.54, 1.807) is 12.1 Å². The molecule has 2 saturated carbocycles. The Labute approximate surface area is 118 Å². The predicted molar refractivity (Wildman–Crippen MR) is 74.3 cm³/mol. The van der Waals surface area contributed by atoms with E-state index in [1.807, 2.05) is 12.1 Å². The van der Waals surface area contributed by atoms with Gasteiger partial charge in [-0.05, 0) is 49.7 Å². The number of ether oxygens (including phenoxy) is 1. The molecule has 1 amide bonds. The Morgan fingerprint density at radius 1 is 1.26 bits per heavy atom. The van der Waals surface area contributed by atoms with Crippen LogP contribution in [0, 0.1) is 11.8 Å². The summed E-state index contributed by atoms with van der Waals surface area (Å²) in [5.74, 6) is 1.94. The molecule has 3 nitrogen and oxygen atoms in total. The summed E-state index contributed by atoms with van der Waals surface area (Å²) in [7, 11) is 0. The number of carbonyl (C=O) groups is 1. The van der Waals surface area contributed by atoms with Crippen molar-refractivity contribution in [3.05, 3.63) is 29.3 Å². The normalized spacial score (nSPS) is 18.4. The van der Waals surface area contributed by atoms with E-state index >= 15 is 0 Å². The van der Waals surface area contributed by atoms with Crippen LogP contribution in [0.4, 0.5) is 0 Å². The highest BCUT2D eigenvalue weighted by Crippen LogP contribution is 2.44. The standard InChI is InChI=1S/C15H18ClNO2/c16-12-3-1-2-4-13(12)19-9-14(18)17-15(10-5-6-10)11-7-8-11/h1-4,10-11,15H,5-9H2,(H,17,18). The van der Waals surface area contributed by atoms with E-state index in [0.717, 1.165) is 0 Å². The van der Waals surface area contributed by atoms with Gasteiger partial charge >= 0.3 is 0 Å². The second-order valence-corrected chi connectivity index (χ2v) is 5.89. The summed E-state index contributed by atoms with van der Waals surface area (Å²) in [6.07, 6.45) is 5.03. The summed E-state index contributed by atoms with van der Waals surface area (Å²) in [6, 6.07) is 7.59. The third-order valence-corrected chi connectivity index (χ3v) is 4.10. The lowest BCUT2D eigenvalue weighted by Crippen LogP contribution is -2.40. The Bertz CT molecular complexity index is 457. The summed E-state index contributed by atoms with van der Waals surface area (Å²) in [5.41, 5.74) is 0. The van der Waals surface area contributed by atoms with Crippen LogP contribution in [0.3, 0.4) is 0 Å². The Morgan fingerprint density at radius 2 is 1.89 bits per heavy atom. The zero-order chi connectivity index (χ0) is 13.2. The van der Waals surface area contributed by atoms with Crippen LogP contribution in [0.2, 0.25) is 5.02 Å². The topological polar surface area (TPSA) is 38.3 Å². The van der Waals surface area contributed by atoms with Gasteiger partial charge in [-0.3, -0.25) is 4.79 Å². The van der Waals surface area contributed by atoms with Gasteiger partial charge in [0.1, 0.15) is 5.75 Å². The molecule has 102 valence electrons. The minimum atomic E-state index is -0.0382. The molecule has 3 rings (SSSR count). The molecule has 0 bridgehead atoms. The van der Waals surface area contributed by atoms with Gasteiger partial charge < -0.3 is 10.1 Å². The second-order valence-electron chi connectivity index (χ2n) is 5.49. The molecule has 2 aliphatic rings. The van der Waals surface area contributed by atoms with Crippen molar-refractivity contribution in [1.29, 1.82) is 0 Å². The monoisotopic (exact) mass is 279 g/mol. The van der Waals surface area contributed by atoms with Crippen LogP contribution in [0.15, 0.2) is 24.3 Å². The summed E-state index contributed by atoms with van der Waals surface area (Å²) in [5, 5.41) is 3.66.